The Kier molecular flexibility index (Phi) is 6.41. The van der Waals surface area contributed by atoms with E-state index in [0.717, 1.165) is 25.8 Å². The van der Waals surface area contributed by atoms with Crippen molar-refractivity contribution in [2.45, 2.75) is 25.8 Å². The molecule has 0 aliphatic carbocycles. The van der Waals surface area contributed by atoms with Crippen molar-refractivity contribution < 1.29 is 9.60 Å². The topological polar surface area (TPSA) is 70.6 Å². The van der Waals surface area contributed by atoms with Gasteiger partial charge in [0.15, 0.2) is 5.84 Å². The Labute approximate surface area is 112 Å². The third-order valence-electron chi connectivity index (χ3n) is 2.70. The molecule has 0 fully saturated rings. The zero-order chi connectivity index (χ0) is 14.1. The van der Waals surface area contributed by atoms with Crippen LogP contribution in [0.4, 0.5) is 4.39 Å². The fourth-order valence-electron chi connectivity index (χ4n) is 1.61. The lowest BCUT2D eigenvalue weighted by molar-refractivity contribution is 0.318. The van der Waals surface area contributed by atoms with E-state index in [2.05, 4.69) is 16.4 Å². The van der Waals surface area contributed by atoms with Gasteiger partial charge in [0.1, 0.15) is 5.82 Å². The van der Waals surface area contributed by atoms with E-state index in [1.807, 2.05) is 0 Å². The molecule has 0 atom stereocenters. The standard InChI is InChI=1S/C14H18FN3O/c1-2-3-4-5-8-17-10-12-7-6-11(9-13(12)15)14(16)18-19/h1,6-7,9,17,19H,3-5,8,10H2,(H2,16,18). The van der Waals surface area contributed by atoms with E-state index in [1.165, 1.54) is 6.07 Å². The van der Waals surface area contributed by atoms with Crippen molar-refractivity contribution in [1.82, 2.24) is 5.32 Å². The molecule has 5 heteroatoms. The third-order valence-corrected chi connectivity index (χ3v) is 2.70. The highest BCUT2D eigenvalue weighted by molar-refractivity contribution is 5.97. The first-order chi connectivity index (χ1) is 9.19. The van der Waals surface area contributed by atoms with Gasteiger partial charge in [0, 0.05) is 24.1 Å². The number of halogens is 1. The second kappa shape index (κ2) is 8.11. The molecule has 0 heterocycles. The van der Waals surface area contributed by atoms with Gasteiger partial charge in [0.25, 0.3) is 0 Å². The second-order valence-corrected chi connectivity index (χ2v) is 4.13. The van der Waals surface area contributed by atoms with Gasteiger partial charge in [-0.25, -0.2) is 4.39 Å². The highest BCUT2D eigenvalue weighted by Gasteiger charge is 2.06. The molecular formula is C14H18FN3O. The summed E-state index contributed by atoms with van der Waals surface area (Å²) >= 11 is 0. The molecule has 0 unspecified atom stereocenters. The molecule has 1 rings (SSSR count). The number of benzene rings is 1. The molecule has 1 aromatic rings. The molecule has 0 aliphatic heterocycles. The van der Waals surface area contributed by atoms with Crippen LogP contribution < -0.4 is 11.1 Å². The van der Waals surface area contributed by atoms with Gasteiger partial charge in [-0.2, -0.15) is 0 Å². The van der Waals surface area contributed by atoms with Crippen molar-refractivity contribution in [2.75, 3.05) is 6.54 Å². The highest BCUT2D eigenvalue weighted by Crippen LogP contribution is 2.10. The van der Waals surface area contributed by atoms with Gasteiger partial charge in [-0.3, -0.25) is 0 Å². The predicted octanol–water partition coefficient (Wildman–Crippen LogP) is 1.81. The first-order valence-corrected chi connectivity index (χ1v) is 6.09. The minimum absolute atomic E-state index is 0.104. The van der Waals surface area contributed by atoms with Gasteiger partial charge in [0.2, 0.25) is 0 Å². The quantitative estimate of drug-likeness (QED) is 0.175. The van der Waals surface area contributed by atoms with Crippen molar-refractivity contribution in [3.05, 3.63) is 35.1 Å². The minimum atomic E-state index is -0.375. The Morgan fingerprint density at radius 3 is 2.89 bits per heavy atom. The van der Waals surface area contributed by atoms with Crippen LogP contribution in [0.2, 0.25) is 0 Å². The molecule has 0 aliphatic rings. The Morgan fingerprint density at radius 2 is 2.26 bits per heavy atom. The summed E-state index contributed by atoms with van der Waals surface area (Å²) in [5.74, 6) is 2.10. The SMILES string of the molecule is C#CCCCCNCc1ccc(/C(N)=N\O)cc1F. The van der Waals surface area contributed by atoms with Crippen LogP contribution in [0.5, 0.6) is 0 Å². The normalized spacial score (nSPS) is 11.3. The van der Waals surface area contributed by atoms with Gasteiger partial charge >= 0.3 is 0 Å². The maximum atomic E-state index is 13.7. The number of hydrogen-bond acceptors (Lipinski definition) is 3. The lowest BCUT2D eigenvalue weighted by Gasteiger charge is -2.07. The van der Waals surface area contributed by atoms with Gasteiger partial charge in [-0.15, -0.1) is 12.3 Å². The Morgan fingerprint density at radius 1 is 1.47 bits per heavy atom. The average molecular weight is 263 g/mol. The average Bonchev–Trinajstić information content (AvgIpc) is 2.43. The van der Waals surface area contributed by atoms with E-state index < -0.39 is 0 Å². The number of unbranched alkanes of at least 4 members (excludes halogenated alkanes) is 2. The number of nitrogens with two attached hydrogens (primary N) is 1. The van der Waals surface area contributed by atoms with E-state index in [9.17, 15) is 4.39 Å². The third kappa shape index (κ3) is 4.98. The Bertz CT molecular complexity index is 480. The first-order valence-electron chi connectivity index (χ1n) is 6.09. The summed E-state index contributed by atoms with van der Waals surface area (Å²) in [7, 11) is 0. The van der Waals surface area contributed by atoms with E-state index in [4.69, 9.17) is 17.4 Å². The molecule has 19 heavy (non-hydrogen) atoms. The molecule has 4 nitrogen and oxygen atoms in total. The largest absolute Gasteiger partial charge is 0.409 e. The van der Waals surface area contributed by atoms with Gasteiger partial charge in [-0.05, 0) is 25.5 Å². The second-order valence-electron chi connectivity index (χ2n) is 4.13. The molecule has 0 radical (unpaired) electrons. The summed E-state index contributed by atoms with van der Waals surface area (Å²) in [5.41, 5.74) is 6.29. The van der Waals surface area contributed by atoms with Crippen LogP contribution in [0.15, 0.2) is 23.4 Å². The molecular weight excluding hydrogens is 245 g/mol. The zero-order valence-electron chi connectivity index (χ0n) is 10.7. The predicted molar refractivity (Wildman–Crippen MR) is 73.3 cm³/mol. The number of hydrogen-bond donors (Lipinski definition) is 3. The van der Waals surface area contributed by atoms with Gasteiger partial charge in [-0.1, -0.05) is 17.3 Å². The van der Waals surface area contributed by atoms with Crippen molar-refractivity contribution >= 4 is 5.84 Å². The van der Waals surface area contributed by atoms with Crippen LogP contribution in [0, 0.1) is 18.2 Å². The molecule has 1 aromatic carbocycles. The van der Waals surface area contributed by atoms with Crippen LogP contribution >= 0.6 is 0 Å². The first kappa shape index (κ1) is 15.0. The van der Waals surface area contributed by atoms with Crippen LogP contribution in [0.3, 0.4) is 0 Å². The molecule has 0 saturated heterocycles. The van der Waals surface area contributed by atoms with Gasteiger partial charge in [0.05, 0.1) is 0 Å². The molecule has 0 bridgehead atoms. The summed E-state index contributed by atoms with van der Waals surface area (Å²) in [6, 6.07) is 4.50. The molecule has 0 saturated carbocycles. The monoisotopic (exact) mass is 263 g/mol. The van der Waals surface area contributed by atoms with Crippen LogP contribution in [0.1, 0.15) is 30.4 Å². The van der Waals surface area contributed by atoms with E-state index >= 15 is 0 Å². The van der Waals surface area contributed by atoms with Crippen LogP contribution in [-0.4, -0.2) is 17.6 Å². The lowest BCUT2D eigenvalue weighted by Crippen LogP contribution is -2.17. The van der Waals surface area contributed by atoms with Crippen molar-refractivity contribution in [1.29, 1.82) is 0 Å². The van der Waals surface area contributed by atoms with E-state index in [-0.39, 0.29) is 11.7 Å². The number of nitrogens with one attached hydrogen (secondary N) is 1. The number of amidine groups is 1. The molecule has 0 aromatic heterocycles. The van der Waals surface area contributed by atoms with Gasteiger partial charge < -0.3 is 16.3 Å². The van der Waals surface area contributed by atoms with Crippen molar-refractivity contribution in [3.63, 3.8) is 0 Å². The van der Waals surface area contributed by atoms with E-state index in [0.29, 0.717) is 17.7 Å². The number of terminal acetylenes is 1. The van der Waals surface area contributed by atoms with Crippen LogP contribution in [0.25, 0.3) is 0 Å². The number of nitrogens with zero attached hydrogens (tertiary/aromatic N) is 1. The highest BCUT2D eigenvalue weighted by atomic mass is 19.1. The molecule has 102 valence electrons. The summed E-state index contributed by atoms with van der Waals surface area (Å²) in [6.45, 7) is 1.24. The van der Waals surface area contributed by atoms with E-state index in [1.54, 1.807) is 12.1 Å². The molecule has 4 N–H and O–H groups in total. The fourth-order valence-corrected chi connectivity index (χ4v) is 1.61. The Hall–Kier alpha value is -2.06. The fraction of sp³-hybridized carbons (Fsp3) is 0.357. The molecule has 0 spiro atoms. The maximum absolute atomic E-state index is 13.7. The number of rotatable bonds is 7. The maximum Gasteiger partial charge on any atom is 0.170 e. The van der Waals surface area contributed by atoms with Crippen molar-refractivity contribution in [2.24, 2.45) is 10.9 Å². The smallest absolute Gasteiger partial charge is 0.170 e. The van der Waals surface area contributed by atoms with Crippen molar-refractivity contribution in [3.8, 4) is 12.3 Å². The summed E-state index contributed by atoms with van der Waals surface area (Å²) in [5, 5.41) is 14.5. The minimum Gasteiger partial charge on any atom is -0.409 e. The summed E-state index contributed by atoms with van der Waals surface area (Å²) < 4.78 is 13.7. The Balaban J connectivity index is 2.45. The summed E-state index contributed by atoms with van der Waals surface area (Å²) in [4.78, 5) is 0. The van der Waals surface area contributed by atoms with Crippen LogP contribution in [-0.2, 0) is 6.54 Å². The number of oxime groups is 1. The molecule has 0 amide bonds. The lowest BCUT2D eigenvalue weighted by atomic mass is 10.1. The zero-order valence-corrected chi connectivity index (χ0v) is 10.7. The summed E-state index contributed by atoms with van der Waals surface area (Å²) in [6.07, 6.45) is 7.85.